The van der Waals surface area contributed by atoms with Crippen molar-refractivity contribution in [1.82, 2.24) is 4.90 Å². The van der Waals surface area contributed by atoms with E-state index in [2.05, 4.69) is 0 Å². The number of nitrogens with zero attached hydrogens (tertiary/aromatic N) is 1. The molecular formula is C15H21F3N2O. The Bertz CT molecular complexity index is 476. The first-order valence-electron chi connectivity index (χ1n) is 7.22. The van der Waals surface area contributed by atoms with Crippen molar-refractivity contribution in [3.8, 4) is 0 Å². The maximum Gasteiger partial charge on any atom is 0.416 e. The van der Waals surface area contributed by atoms with E-state index in [0.29, 0.717) is 6.54 Å². The fourth-order valence-corrected chi connectivity index (χ4v) is 2.87. The van der Waals surface area contributed by atoms with Crippen molar-refractivity contribution in [2.75, 3.05) is 18.9 Å². The smallest absolute Gasteiger partial charge is 0.399 e. The zero-order valence-electron chi connectivity index (χ0n) is 11.9. The Morgan fingerprint density at radius 1 is 1.24 bits per heavy atom. The first-order valence-corrected chi connectivity index (χ1v) is 7.22. The van der Waals surface area contributed by atoms with Gasteiger partial charge in [0.15, 0.2) is 0 Å². The molecule has 2 rings (SSSR count). The molecule has 0 amide bonds. The van der Waals surface area contributed by atoms with E-state index in [9.17, 15) is 18.3 Å². The van der Waals surface area contributed by atoms with Gasteiger partial charge in [0.1, 0.15) is 0 Å². The van der Waals surface area contributed by atoms with E-state index in [0.717, 1.165) is 31.7 Å². The fourth-order valence-electron chi connectivity index (χ4n) is 2.87. The van der Waals surface area contributed by atoms with Crippen LogP contribution in [0.4, 0.5) is 18.9 Å². The number of aliphatic hydroxyl groups excluding tert-OH is 1. The molecule has 1 saturated heterocycles. The van der Waals surface area contributed by atoms with Gasteiger partial charge < -0.3 is 10.8 Å². The number of anilines is 1. The zero-order chi connectivity index (χ0) is 15.5. The minimum Gasteiger partial charge on any atom is -0.399 e. The number of rotatable bonds is 3. The molecule has 21 heavy (non-hydrogen) atoms. The highest BCUT2D eigenvalue weighted by Crippen LogP contribution is 2.34. The Morgan fingerprint density at radius 3 is 2.67 bits per heavy atom. The molecule has 0 aromatic heterocycles. The maximum absolute atomic E-state index is 13.1. The number of benzene rings is 1. The van der Waals surface area contributed by atoms with Gasteiger partial charge >= 0.3 is 6.18 Å². The van der Waals surface area contributed by atoms with Crippen LogP contribution in [0.2, 0.25) is 0 Å². The van der Waals surface area contributed by atoms with Crippen LogP contribution >= 0.6 is 0 Å². The number of hydrogen-bond donors (Lipinski definition) is 2. The second-order valence-electron chi connectivity index (χ2n) is 5.57. The van der Waals surface area contributed by atoms with Crippen molar-refractivity contribution in [2.24, 2.45) is 0 Å². The van der Waals surface area contributed by atoms with Crippen molar-refractivity contribution >= 4 is 5.69 Å². The second kappa shape index (κ2) is 6.66. The molecule has 1 aromatic carbocycles. The maximum atomic E-state index is 13.1. The standard InChI is InChI=1S/C15H21F3N2O/c16-15(17,18)14-8-12(19)6-5-11(14)9-20-7-3-1-2-4-13(20)10-21/h5-6,8,13,21H,1-4,7,9-10,19H2. The van der Waals surface area contributed by atoms with Gasteiger partial charge in [0.2, 0.25) is 0 Å². The molecule has 0 radical (unpaired) electrons. The van der Waals surface area contributed by atoms with Crippen LogP contribution in [0.3, 0.4) is 0 Å². The van der Waals surface area contributed by atoms with E-state index in [1.54, 1.807) is 0 Å². The Hall–Kier alpha value is -1.27. The largest absolute Gasteiger partial charge is 0.416 e. The van der Waals surface area contributed by atoms with Crippen LogP contribution in [0.1, 0.15) is 36.8 Å². The van der Waals surface area contributed by atoms with Crippen molar-refractivity contribution in [3.63, 3.8) is 0 Å². The van der Waals surface area contributed by atoms with Gasteiger partial charge in [0.05, 0.1) is 12.2 Å². The van der Waals surface area contributed by atoms with E-state index >= 15 is 0 Å². The molecular weight excluding hydrogens is 281 g/mol. The summed E-state index contributed by atoms with van der Waals surface area (Å²) in [5.74, 6) is 0. The van der Waals surface area contributed by atoms with E-state index in [4.69, 9.17) is 5.73 Å². The van der Waals surface area contributed by atoms with Gasteiger partial charge in [-0.25, -0.2) is 0 Å². The summed E-state index contributed by atoms with van der Waals surface area (Å²) < 4.78 is 39.4. The monoisotopic (exact) mass is 302 g/mol. The summed E-state index contributed by atoms with van der Waals surface area (Å²) in [5, 5.41) is 9.45. The normalized spacial score (nSPS) is 21.2. The summed E-state index contributed by atoms with van der Waals surface area (Å²) in [7, 11) is 0. The molecule has 3 N–H and O–H groups in total. The zero-order valence-corrected chi connectivity index (χ0v) is 11.9. The third kappa shape index (κ3) is 4.11. The molecule has 0 spiro atoms. The van der Waals surface area contributed by atoms with Gasteiger partial charge in [-0.15, -0.1) is 0 Å². The molecule has 0 saturated carbocycles. The van der Waals surface area contributed by atoms with Gasteiger partial charge in [-0.3, -0.25) is 4.90 Å². The Labute approximate surface area is 122 Å². The molecule has 1 aromatic rings. The van der Waals surface area contributed by atoms with Crippen molar-refractivity contribution < 1.29 is 18.3 Å². The number of hydrogen-bond acceptors (Lipinski definition) is 3. The van der Waals surface area contributed by atoms with Crippen molar-refractivity contribution in [2.45, 2.75) is 44.4 Å². The summed E-state index contributed by atoms with van der Waals surface area (Å²) in [6.45, 7) is 0.892. The lowest BCUT2D eigenvalue weighted by Gasteiger charge is -2.29. The number of nitrogens with two attached hydrogens (primary N) is 1. The first kappa shape index (κ1) is 16.1. The van der Waals surface area contributed by atoms with Crippen LogP contribution in [-0.2, 0) is 12.7 Å². The summed E-state index contributed by atoms with van der Waals surface area (Å²) in [6, 6.07) is 3.86. The molecule has 1 atom stereocenters. The number of alkyl halides is 3. The van der Waals surface area contributed by atoms with E-state index < -0.39 is 11.7 Å². The SMILES string of the molecule is Nc1ccc(CN2CCCCCC2CO)c(C(F)(F)F)c1. The van der Waals surface area contributed by atoms with Crippen LogP contribution in [0.5, 0.6) is 0 Å². The minimum atomic E-state index is -4.41. The summed E-state index contributed by atoms with van der Waals surface area (Å²) >= 11 is 0. The third-order valence-corrected chi connectivity index (χ3v) is 4.02. The van der Waals surface area contributed by atoms with Gasteiger partial charge in [-0.1, -0.05) is 18.9 Å². The number of nitrogen functional groups attached to an aromatic ring is 1. The van der Waals surface area contributed by atoms with Gasteiger partial charge in [0, 0.05) is 18.3 Å². The minimum absolute atomic E-state index is 0.0175. The third-order valence-electron chi connectivity index (χ3n) is 4.02. The molecule has 6 heteroatoms. The van der Waals surface area contributed by atoms with Crippen molar-refractivity contribution in [1.29, 1.82) is 0 Å². The van der Waals surface area contributed by atoms with E-state index in [1.165, 1.54) is 12.1 Å². The predicted molar refractivity (Wildman–Crippen MR) is 75.6 cm³/mol. The van der Waals surface area contributed by atoms with Gasteiger partial charge in [0.25, 0.3) is 0 Å². The summed E-state index contributed by atoms with van der Waals surface area (Å²) in [5.41, 5.74) is 5.14. The molecule has 1 aliphatic rings. The molecule has 0 bridgehead atoms. The van der Waals surface area contributed by atoms with Crippen molar-refractivity contribution in [3.05, 3.63) is 29.3 Å². The second-order valence-corrected chi connectivity index (χ2v) is 5.57. The van der Waals surface area contributed by atoms with Crippen LogP contribution in [0, 0.1) is 0 Å². The number of aliphatic hydroxyl groups is 1. The molecule has 1 aliphatic heterocycles. The highest BCUT2D eigenvalue weighted by atomic mass is 19.4. The quantitative estimate of drug-likeness (QED) is 0.844. The fraction of sp³-hybridized carbons (Fsp3) is 0.600. The highest BCUT2D eigenvalue weighted by molar-refractivity contribution is 5.46. The molecule has 3 nitrogen and oxygen atoms in total. The topological polar surface area (TPSA) is 49.5 Å². The predicted octanol–water partition coefficient (Wildman–Crippen LogP) is 3.02. The molecule has 118 valence electrons. The summed E-state index contributed by atoms with van der Waals surface area (Å²) in [6.07, 6.45) is -0.568. The number of likely N-dealkylation sites (tertiary alicyclic amines) is 1. The van der Waals surface area contributed by atoms with Crippen LogP contribution in [0.15, 0.2) is 18.2 Å². The lowest BCUT2D eigenvalue weighted by molar-refractivity contribution is -0.138. The first-order chi connectivity index (χ1) is 9.91. The lowest BCUT2D eigenvalue weighted by atomic mass is 10.0. The molecule has 1 fully saturated rings. The molecule has 0 aliphatic carbocycles. The molecule has 1 unspecified atom stereocenters. The van der Waals surface area contributed by atoms with Crippen LogP contribution in [0.25, 0.3) is 0 Å². The Morgan fingerprint density at radius 2 is 2.00 bits per heavy atom. The highest BCUT2D eigenvalue weighted by Gasteiger charge is 2.34. The van der Waals surface area contributed by atoms with Crippen LogP contribution < -0.4 is 5.73 Å². The van der Waals surface area contributed by atoms with Gasteiger partial charge in [-0.2, -0.15) is 13.2 Å². The molecule has 1 heterocycles. The summed E-state index contributed by atoms with van der Waals surface area (Å²) in [4.78, 5) is 1.95. The van der Waals surface area contributed by atoms with E-state index in [-0.39, 0.29) is 30.4 Å². The average Bonchev–Trinajstić information content (AvgIpc) is 2.64. The Kier molecular flexibility index (Phi) is 5.11. The van der Waals surface area contributed by atoms with Crippen LogP contribution in [-0.4, -0.2) is 29.2 Å². The van der Waals surface area contributed by atoms with E-state index in [1.807, 2.05) is 4.90 Å². The Balaban J connectivity index is 2.25. The number of halogens is 3. The average molecular weight is 302 g/mol. The lowest BCUT2D eigenvalue weighted by Crippen LogP contribution is -2.37. The van der Waals surface area contributed by atoms with Gasteiger partial charge in [-0.05, 0) is 37.1 Å².